The number of tetrazole rings is 1. The molecule has 0 radical (unpaired) electrons. The average Bonchev–Trinajstić information content (AvgIpc) is 3.04. The molecule has 2 heterocycles. The van der Waals surface area contributed by atoms with E-state index in [2.05, 4.69) is 15.4 Å². The summed E-state index contributed by atoms with van der Waals surface area (Å²) < 4.78 is 13.6. The first-order valence-electron chi connectivity index (χ1n) is 5.48. The van der Waals surface area contributed by atoms with Gasteiger partial charge in [-0.25, -0.2) is 4.39 Å². The van der Waals surface area contributed by atoms with Crippen molar-refractivity contribution < 1.29 is 4.39 Å². The van der Waals surface area contributed by atoms with Gasteiger partial charge in [0.2, 0.25) is 5.82 Å². The Bertz CT molecular complexity index is 675. The van der Waals surface area contributed by atoms with Crippen LogP contribution < -0.4 is 0 Å². The molecule has 0 bridgehead atoms. The summed E-state index contributed by atoms with van der Waals surface area (Å²) in [6.45, 7) is 0.157. The molecule has 0 amide bonds. The van der Waals surface area contributed by atoms with E-state index in [1.807, 2.05) is 17.5 Å². The first-order valence-corrected chi connectivity index (χ1v) is 6.74. The van der Waals surface area contributed by atoms with Crippen molar-refractivity contribution in [3.8, 4) is 10.7 Å². The highest BCUT2D eigenvalue weighted by atomic mass is 35.5. The summed E-state index contributed by atoms with van der Waals surface area (Å²) in [5.74, 6) is 0.157. The molecular weight excluding hydrogens is 287 g/mol. The van der Waals surface area contributed by atoms with E-state index in [1.54, 1.807) is 12.1 Å². The van der Waals surface area contributed by atoms with E-state index in [0.29, 0.717) is 16.4 Å². The van der Waals surface area contributed by atoms with Gasteiger partial charge in [0.25, 0.3) is 0 Å². The van der Waals surface area contributed by atoms with Crippen molar-refractivity contribution in [3.05, 3.63) is 52.1 Å². The van der Waals surface area contributed by atoms with Crippen LogP contribution in [0.5, 0.6) is 0 Å². The number of hydrogen-bond donors (Lipinski definition) is 0. The SMILES string of the molecule is Fc1cccc(Cl)c1Cn1nnc(-c2cccs2)n1. The van der Waals surface area contributed by atoms with Crippen LogP contribution >= 0.6 is 22.9 Å². The smallest absolute Gasteiger partial charge is 0.207 e. The first-order chi connectivity index (χ1) is 9.24. The second-order valence-corrected chi connectivity index (χ2v) is 5.18. The number of benzene rings is 1. The second-order valence-electron chi connectivity index (χ2n) is 3.82. The van der Waals surface area contributed by atoms with E-state index < -0.39 is 0 Å². The van der Waals surface area contributed by atoms with Gasteiger partial charge in [-0.05, 0) is 28.8 Å². The van der Waals surface area contributed by atoms with Crippen molar-refractivity contribution in [2.45, 2.75) is 6.54 Å². The maximum Gasteiger partial charge on any atom is 0.214 e. The maximum absolute atomic E-state index is 13.6. The average molecular weight is 295 g/mol. The molecule has 3 rings (SSSR count). The Balaban J connectivity index is 1.88. The Morgan fingerprint density at radius 1 is 1.26 bits per heavy atom. The van der Waals surface area contributed by atoms with Gasteiger partial charge in [-0.15, -0.1) is 21.5 Å². The van der Waals surface area contributed by atoms with Gasteiger partial charge in [0.05, 0.1) is 11.4 Å². The third-order valence-electron chi connectivity index (χ3n) is 2.56. The molecule has 0 unspecified atom stereocenters. The summed E-state index contributed by atoms with van der Waals surface area (Å²) in [5.41, 5.74) is 0.360. The summed E-state index contributed by atoms with van der Waals surface area (Å²) in [7, 11) is 0. The van der Waals surface area contributed by atoms with Gasteiger partial charge in [0.1, 0.15) is 5.82 Å². The summed E-state index contributed by atoms with van der Waals surface area (Å²) in [6.07, 6.45) is 0. The van der Waals surface area contributed by atoms with Gasteiger partial charge in [-0.2, -0.15) is 4.80 Å². The zero-order chi connectivity index (χ0) is 13.2. The number of thiophene rings is 1. The van der Waals surface area contributed by atoms with Gasteiger partial charge >= 0.3 is 0 Å². The number of rotatable bonds is 3. The van der Waals surface area contributed by atoms with Crippen molar-refractivity contribution in [1.82, 2.24) is 20.2 Å². The number of nitrogens with zero attached hydrogens (tertiary/aromatic N) is 4. The van der Waals surface area contributed by atoms with E-state index in [4.69, 9.17) is 11.6 Å². The third kappa shape index (κ3) is 2.50. The van der Waals surface area contributed by atoms with E-state index in [0.717, 1.165) is 4.88 Å². The Morgan fingerprint density at radius 3 is 2.89 bits per heavy atom. The van der Waals surface area contributed by atoms with Crippen molar-refractivity contribution >= 4 is 22.9 Å². The molecule has 0 saturated heterocycles. The second kappa shape index (κ2) is 5.07. The molecule has 0 N–H and O–H groups in total. The summed E-state index contributed by atoms with van der Waals surface area (Å²) in [4.78, 5) is 2.25. The van der Waals surface area contributed by atoms with Gasteiger partial charge in [-0.1, -0.05) is 23.7 Å². The molecule has 3 aromatic rings. The number of aromatic nitrogens is 4. The first kappa shape index (κ1) is 12.3. The van der Waals surface area contributed by atoms with Gasteiger partial charge in [0, 0.05) is 10.6 Å². The largest absolute Gasteiger partial charge is 0.214 e. The Morgan fingerprint density at radius 2 is 2.16 bits per heavy atom. The molecule has 0 aliphatic carbocycles. The topological polar surface area (TPSA) is 43.6 Å². The molecule has 4 nitrogen and oxygen atoms in total. The Hall–Kier alpha value is -1.79. The lowest BCUT2D eigenvalue weighted by atomic mass is 10.2. The lowest BCUT2D eigenvalue weighted by molar-refractivity contribution is 0.539. The van der Waals surface area contributed by atoms with E-state index in [1.165, 1.54) is 22.2 Å². The molecule has 7 heteroatoms. The maximum atomic E-state index is 13.6. The van der Waals surface area contributed by atoms with E-state index in [9.17, 15) is 4.39 Å². The third-order valence-corrected chi connectivity index (χ3v) is 3.78. The molecule has 0 saturated carbocycles. The van der Waals surface area contributed by atoms with Crippen LogP contribution in [-0.4, -0.2) is 20.2 Å². The number of halogens is 2. The van der Waals surface area contributed by atoms with Crippen molar-refractivity contribution in [3.63, 3.8) is 0 Å². The standard InChI is InChI=1S/C12H8ClFN4S/c13-9-3-1-4-10(14)8(9)7-18-16-12(15-17-18)11-5-2-6-19-11/h1-6H,7H2. The molecule has 0 aliphatic rings. The predicted molar refractivity (Wildman–Crippen MR) is 71.6 cm³/mol. The number of hydrogen-bond acceptors (Lipinski definition) is 4. The van der Waals surface area contributed by atoms with Crippen LogP contribution in [0, 0.1) is 5.82 Å². The molecule has 19 heavy (non-hydrogen) atoms. The molecule has 0 atom stereocenters. The highest BCUT2D eigenvalue weighted by Crippen LogP contribution is 2.21. The van der Waals surface area contributed by atoms with Crippen LogP contribution in [0.2, 0.25) is 5.02 Å². The lowest BCUT2D eigenvalue weighted by Gasteiger charge is -2.03. The highest BCUT2D eigenvalue weighted by molar-refractivity contribution is 7.13. The molecule has 0 spiro atoms. The van der Waals surface area contributed by atoms with Crippen LogP contribution in [0.3, 0.4) is 0 Å². The van der Waals surface area contributed by atoms with E-state index >= 15 is 0 Å². The molecule has 1 aromatic carbocycles. The summed E-state index contributed by atoms with van der Waals surface area (Å²) >= 11 is 7.48. The molecule has 0 fully saturated rings. The molecular formula is C12H8ClFN4S. The zero-order valence-corrected chi connectivity index (χ0v) is 11.2. The Kier molecular flexibility index (Phi) is 3.27. The normalized spacial score (nSPS) is 10.8. The minimum Gasteiger partial charge on any atom is -0.207 e. The van der Waals surface area contributed by atoms with Crippen molar-refractivity contribution in [1.29, 1.82) is 0 Å². The fourth-order valence-corrected chi connectivity index (χ4v) is 2.51. The molecule has 96 valence electrons. The predicted octanol–water partition coefficient (Wildman–Crippen LogP) is 3.24. The van der Waals surface area contributed by atoms with Crippen LogP contribution in [-0.2, 0) is 6.54 Å². The Labute approximate surface area is 117 Å². The minimum absolute atomic E-state index is 0.157. The fraction of sp³-hybridized carbons (Fsp3) is 0.0833. The zero-order valence-electron chi connectivity index (χ0n) is 9.62. The minimum atomic E-state index is -0.373. The summed E-state index contributed by atoms with van der Waals surface area (Å²) in [6, 6.07) is 8.37. The quantitative estimate of drug-likeness (QED) is 0.745. The monoisotopic (exact) mass is 294 g/mol. The van der Waals surface area contributed by atoms with Crippen LogP contribution in [0.15, 0.2) is 35.7 Å². The van der Waals surface area contributed by atoms with E-state index in [-0.39, 0.29) is 12.4 Å². The van der Waals surface area contributed by atoms with Gasteiger partial charge in [-0.3, -0.25) is 0 Å². The van der Waals surface area contributed by atoms with Crippen LogP contribution in [0.25, 0.3) is 10.7 Å². The molecule has 0 aliphatic heterocycles. The van der Waals surface area contributed by atoms with Gasteiger partial charge < -0.3 is 0 Å². The van der Waals surface area contributed by atoms with Gasteiger partial charge in [0.15, 0.2) is 0 Å². The summed E-state index contributed by atoms with van der Waals surface area (Å²) in [5, 5.41) is 14.3. The fourth-order valence-electron chi connectivity index (χ4n) is 1.64. The van der Waals surface area contributed by atoms with Crippen molar-refractivity contribution in [2.24, 2.45) is 0 Å². The van der Waals surface area contributed by atoms with Crippen LogP contribution in [0.1, 0.15) is 5.56 Å². The highest BCUT2D eigenvalue weighted by Gasteiger charge is 2.11. The molecule has 2 aromatic heterocycles. The lowest BCUT2D eigenvalue weighted by Crippen LogP contribution is -2.06. The van der Waals surface area contributed by atoms with Crippen molar-refractivity contribution in [2.75, 3.05) is 0 Å². The van der Waals surface area contributed by atoms with Crippen LogP contribution in [0.4, 0.5) is 4.39 Å².